The van der Waals surface area contributed by atoms with Crippen LogP contribution in [0, 0.1) is 17.5 Å². The van der Waals surface area contributed by atoms with Crippen molar-refractivity contribution in [3.63, 3.8) is 0 Å². The smallest absolute Gasteiger partial charge is 0.343 e. The molecule has 0 radical (unpaired) electrons. The fourth-order valence-corrected chi connectivity index (χ4v) is 9.43. The van der Waals surface area contributed by atoms with Gasteiger partial charge in [0, 0.05) is 17.2 Å². The Morgan fingerprint density at radius 3 is 0.901 bits per heavy atom. The van der Waals surface area contributed by atoms with Crippen LogP contribution in [0.15, 0.2) is 78.9 Å². The number of carbonyl (C=O) groups is 4. The van der Waals surface area contributed by atoms with E-state index in [1.807, 2.05) is 0 Å². The molecule has 0 saturated heterocycles. The molecule has 0 N–H and O–H groups in total. The lowest BCUT2D eigenvalue weighted by atomic mass is 10.0. The highest BCUT2D eigenvalue weighted by atomic mass is 19.2. The summed E-state index contributed by atoms with van der Waals surface area (Å²) < 4.78 is 77.0. The molecule has 452 valence electrons. The zero-order valence-electron chi connectivity index (χ0n) is 49.6. The average molecular weight is 1130 g/mol. The van der Waals surface area contributed by atoms with Gasteiger partial charge in [-0.05, 0) is 88.1 Å². The Bertz CT molecular complexity index is 2230. The van der Waals surface area contributed by atoms with Gasteiger partial charge in [0.05, 0.1) is 37.6 Å². The monoisotopic (exact) mass is 1130 g/mol. The molecule has 81 heavy (non-hydrogen) atoms. The largest absolute Gasteiger partial charge is 0.494 e. The van der Waals surface area contributed by atoms with Crippen molar-refractivity contribution in [2.75, 3.05) is 26.4 Å². The van der Waals surface area contributed by atoms with Crippen molar-refractivity contribution < 1.29 is 60.8 Å². The highest BCUT2D eigenvalue weighted by Crippen LogP contribution is 2.33. The number of hydrogen-bond donors (Lipinski definition) is 0. The highest BCUT2D eigenvalue weighted by molar-refractivity contribution is 5.92. The summed E-state index contributed by atoms with van der Waals surface area (Å²) in [6, 6.07) is 12.4. The van der Waals surface area contributed by atoms with Gasteiger partial charge in [0.2, 0.25) is 17.4 Å². The molecule has 10 nitrogen and oxygen atoms in total. The third kappa shape index (κ3) is 33.2. The Morgan fingerprint density at radius 2 is 0.617 bits per heavy atom. The molecular formula is C68H99F3O10. The van der Waals surface area contributed by atoms with Crippen LogP contribution in [-0.4, -0.2) is 50.3 Å². The Balaban J connectivity index is 1.15. The predicted octanol–water partition coefficient (Wildman–Crippen LogP) is 19.6. The first-order valence-corrected chi connectivity index (χ1v) is 31.1. The predicted molar refractivity (Wildman–Crippen MR) is 318 cm³/mol. The van der Waals surface area contributed by atoms with E-state index in [4.69, 9.17) is 28.4 Å². The first-order valence-electron chi connectivity index (χ1n) is 31.1. The van der Waals surface area contributed by atoms with Crippen LogP contribution in [0.5, 0.6) is 23.0 Å². The first-order chi connectivity index (χ1) is 39.4. The number of halogens is 3. The Morgan fingerprint density at radius 1 is 0.358 bits per heavy atom. The topological polar surface area (TPSA) is 124 Å². The molecule has 3 rings (SSSR count). The second kappa shape index (κ2) is 45.0. The van der Waals surface area contributed by atoms with Crippen LogP contribution < -0.4 is 18.9 Å². The SMILES string of the molecule is C=C(C)C(=O)OCCCCCCCCCCCCCCCCCCCCOc1ccc(C(=O)Oc2cc(F)c(OC(=O)c3ccc(OCCCCCCCCCCCCCCCCCCCCOC(=O)C(=C)C)cc3)c(F)c2F)cc1. The molecule has 13 heteroatoms. The molecule has 0 heterocycles. The van der Waals surface area contributed by atoms with Gasteiger partial charge in [0.15, 0.2) is 11.6 Å². The van der Waals surface area contributed by atoms with E-state index in [0.29, 0.717) is 55.1 Å². The molecule has 0 aliphatic rings. The van der Waals surface area contributed by atoms with Crippen LogP contribution in [0.1, 0.15) is 266 Å². The van der Waals surface area contributed by atoms with Crippen molar-refractivity contribution in [3.8, 4) is 23.0 Å². The number of hydrogen-bond acceptors (Lipinski definition) is 10. The molecule has 0 aliphatic carbocycles. The van der Waals surface area contributed by atoms with Gasteiger partial charge < -0.3 is 28.4 Å². The summed E-state index contributed by atoms with van der Waals surface area (Å²) in [5.41, 5.74) is 0.907. The summed E-state index contributed by atoms with van der Waals surface area (Å²) in [6.07, 6.45) is 43.6. The number of carbonyl (C=O) groups excluding carboxylic acids is 4. The Hall–Kier alpha value is -5.59. The maximum atomic E-state index is 15.1. The van der Waals surface area contributed by atoms with E-state index in [2.05, 4.69) is 13.2 Å². The van der Waals surface area contributed by atoms with Crippen LogP contribution >= 0.6 is 0 Å². The molecule has 0 amide bonds. The number of unbranched alkanes of at least 4 members (excludes halogenated alkanes) is 34. The second-order valence-electron chi connectivity index (χ2n) is 21.9. The minimum Gasteiger partial charge on any atom is -0.494 e. The van der Waals surface area contributed by atoms with E-state index < -0.39 is 40.9 Å². The molecule has 0 aliphatic heterocycles. The third-order valence-corrected chi connectivity index (χ3v) is 14.4. The standard InChI is InChI=1S/C68H99F3O10/c1-54(2)65(72)78-51-39-35-31-27-23-19-15-11-7-5-9-13-17-21-25-29-33-37-49-76-58-45-41-56(42-46-58)67(74)80-61-53-60(69)64(63(71)62(61)70)81-68(75)57-43-47-59(48-44-57)77-50-38-34-30-26-22-18-14-10-6-8-12-16-20-24-28-32-36-40-52-79-66(73)55(3)4/h41-48,53H,1,3,5-40,49-52H2,2,4H3. The van der Waals surface area contributed by atoms with Gasteiger partial charge in [-0.25, -0.2) is 23.6 Å². The summed E-state index contributed by atoms with van der Waals surface area (Å²) in [7, 11) is 0. The summed E-state index contributed by atoms with van der Waals surface area (Å²) in [4.78, 5) is 48.4. The molecule has 0 bridgehead atoms. The average Bonchev–Trinajstić information content (AvgIpc) is 3.48. The summed E-state index contributed by atoms with van der Waals surface area (Å²) in [6.45, 7) is 12.5. The van der Waals surface area contributed by atoms with Crippen molar-refractivity contribution in [1.29, 1.82) is 0 Å². The van der Waals surface area contributed by atoms with Gasteiger partial charge in [-0.3, -0.25) is 0 Å². The zero-order valence-corrected chi connectivity index (χ0v) is 49.6. The number of esters is 4. The summed E-state index contributed by atoms with van der Waals surface area (Å²) >= 11 is 0. The summed E-state index contributed by atoms with van der Waals surface area (Å²) in [5.74, 6) is -8.80. The van der Waals surface area contributed by atoms with Crippen molar-refractivity contribution >= 4 is 23.9 Å². The second-order valence-corrected chi connectivity index (χ2v) is 21.9. The number of benzene rings is 3. The van der Waals surface area contributed by atoms with Gasteiger partial charge in [-0.2, -0.15) is 8.78 Å². The lowest BCUT2D eigenvalue weighted by Crippen LogP contribution is -2.14. The van der Waals surface area contributed by atoms with E-state index in [0.717, 1.165) is 64.2 Å². The fraction of sp³-hybridized carbons (Fsp3) is 0.618. The van der Waals surface area contributed by atoms with Gasteiger partial charge in [-0.15, -0.1) is 0 Å². The molecule has 3 aromatic rings. The lowest BCUT2D eigenvalue weighted by molar-refractivity contribution is -0.139. The minimum atomic E-state index is -1.81. The van der Waals surface area contributed by atoms with Crippen molar-refractivity contribution in [3.05, 3.63) is 107 Å². The molecule has 0 fully saturated rings. The van der Waals surface area contributed by atoms with Crippen molar-refractivity contribution in [2.45, 2.75) is 245 Å². The number of rotatable bonds is 50. The van der Waals surface area contributed by atoms with E-state index in [1.54, 1.807) is 38.1 Å². The Labute approximate surface area is 484 Å². The summed E-state index contributed by atoms with van der Waals surface area (Å²) in [5, 5.41) is 0. The van der Waals surface area contributed by atoms with Crippen LogP contribution in [0.3, 0.4) is 0 Å². The quantitative estimate of drug-likeness (QED) is 0.0177. The van der Waals surface area contributed by atoms with Crippen LogP contribution in [0.2, 0.25) is 0 Å². The van der Waals surface area contributed by atoms with Crippen molar-refractivity contribution in [1.82, 2.24) is 0 Å². The highest BCUT2D eigenvalue weighted by Gasteiger charge is 2.26. The molecule has 0 unspecified atom stereocenters. The zero-order chi connectivity index (χ0) is 58.6. The molecular weight excluding hydrogens is 1030 g/mol. The van der Waals surface area contributed by atoms with Crippen LogP contribution in [-0.2, 0) is 19.1 Å². The van der Waals surface area contributed by atoms with E-state index in [9.17, 15) is 19.2 Å². The maximum Gasteiger partial charge on any atom is 0.343 e. The van der Waals surface area contributed by atoms with Gasteiger partial charge in [0.25, 0.3) is 0 Å². The van der Waals surface area contributed by atoms with Gasteiger partial charge >= 0.3 is 23.9 Å². The van der Waals surface area contributed by atoms with E-state index in [1.165, 1.54) is 191 Å². The number of ether oxygens (including phenoxy) is 6. The van der Waals surface area contributed by atoms with Gasteiger partial charge in [-0.1, -0.05) is 219 Å². The molecule has 3 aromatic carbocycles. The van der Waals surface area contributed by atoms with Crippen LogP contribution in [0.25, 0.3) is 0 Å². The minimum absolute atomic E-state index is 0.0194. The maximum absolute atomic E-state index is 15.1. The van der Waals surface area contributed by atoms with E-state index in [-0.39, 0.29) is 23.1 Å². The first kappa shape index (κ1) is 69.7. The molecule has 0 atom stereocenters. The molecule has 0 saturated carbocycles. The molecule has 0 aromatic heterocycles. The molecule has 0 spiro atoms. The normalized spacial score (nSPS) is 11.1. The van der Waals surface area contributed by atoms with E-state index >= 15 is 13.2 Å². The van der Waals surface area contributed by atoms with Gasteiger partial charge in [0.1, 0.15) is 11.5 Å². The Kier molecular flexibility index (Phi) is 38.7. The van der Waals surface area contributed by atoms with Crippen molar-refractivity contribution in [2.24, 2.45) is 0 Å². The lowest BCUT2D eigenvalue weighted by Gasteiger charge is -2.12. The van der Waals surface area contributed by atoms with Crippen LogP contribution in [0.4, 0.5) is 13.2 Å². The third-order valence-electron chi connectivity index (χ3n) is 14.4. The fourth-order valence-electron chi connectivity index (χ4n) is 9.43.